The highest BCUT2D eigenvalue weighted by Crippen LogP contribution is 2.06. The van der Waals surface area contributed by atoms with Gasteiger partial charge in [0.25, 0.3) is 0 Å². The Kier molecular flexibility index (Phi) is 10.4. The van der Waals surface area contributed by atoms with Crippen molar-refractivity contribution in [2.24, 2.45) is 0 Å². The van der Waals surface area contributed by atoms with E-state index in [2.05, 4.69) is 20.8 Å². The van der Waals surface area contributed by atoms with Gasteiger partial charge in [-0.05, 0) is 31.0 Å². The molecule has 0 aliphatic rings. The molecule has 0 heterocycles. The molecule has 0 bridgehead atoms. The van der Waals surface area contributed by atoms with Crippen LogP contribution in [0.25, 0.3) is 0 Å². The topological polar surface area (TPSA) is 9.23 Å². The summed E-state index contributed by atoms with van der Waals surface area (Å²) in [5.41, 5.74) is 0. The van der Waals surface area contributed by atoms with Gasteiger partial charge >= 0.3 is 0 Å². The maximum atomic E-state index is 5.71. The lowest BCUT2D eigenvalue weighted by molar-refractivity contribution is 0.246. The zero-order valence-corrected chi connectivity index (χ0v) is 11.4. The van der Waals surface area contributed by atoms with E-state index in [9.17, 15) is 0 Å². The average Bonchev–Trinajstić information content (AvgIpc) is 2.13. The molecule has 0 aliphatic carbocycles. The second kappa shape index (κ2) is 10.1. The van der Waals surface area contributed by atoms with Crippen LogP contribution < -0.4 is 0 Å². The minimum Gasteiger partial charge on any atom is -0.309 e. The largest absolute Gasteiger partial charge is 0.309 e. The highest BCUT2D eigenvalue weighted by Gasteiger charge is 2.03. The lowest BCUT2D eigenvalue weighted by Crippen LogP contribution is -2.11. The van der Waals surface area contributed by atoms with E-state index in [0.29, 0.717) is 6.10 Å². The monoisotopic (exact) mass is 236 g/mol. The van der Waals surface area contributed by atoms with Gasteiger partial charge in [0.05, 0.1) is 6.10 Å². The summed E-state index contributed by atoms with van der Waals surface area (Å²) >= 11 is 5.28. The van der Waals surface area contributed by atoms with E-state index in [0.717, 1.165) is 12.2 Å². The van der Waals surface area contributed by atoms with Crippen molar-refractivity contribution in [3.05, 3.63) is 0 Å². The molecule has 2 atom stereocenters. The van der Waals surface area contributed by atoms with E-state index in [1.807, 2.05) is 0 Å². The minimum absolute atomic E-state index is 0.222. The van der Waals surface area contributed by atoms with Gasteiger partial charge in [-0.2, -0.15) is 0 Å². The standard InChI is InChI=1S/C11H24OS2/c1-4-6-7-8-10-14(13)12-11(3)9-5-2/h11H,4-10H2,1-3H3. The smallest absolute Gasteiger partial charge is 0.0697 e. The fourth-order valence-corrected chi connectivity index (χ4v) is 3.09. The average molecular weight is 236 g/mol. The van der Waals surface area contributed by atoms with Gasteiger partial charge < -0.3 is 4.18 Å². The van der Waals surface area contributed by atoms with Crippen LogP contribution in [0.15, 0.2) is 0 Å². The molecule has 0 saturated heterocycles. The van der Waals surface area contributed by atoms with E-state index in [-0.39, 0.29) is 9.74 Å². The van der Waals surface area contributed by atoms with Gasteiger partial charge in [0.1, 0.15) is 0 Å². The number of rotatable bonds is 9. The molecule has 0 rings (SSSR count). The zero-order chi connectivity index (χ0) is 10.8. The van der Waals surface area contributed by atoms with Crippen molar-refractivity contribution < 1.29 is 4.18 Å². The molecule has 0 saturated carbocycles. The third-order valence-electron chi connectivity index (χ3n) is 2.13. The number of unbranched alkanes of at least 4 members (excludes halogenated alkanes) is 3. The van der Waals surface area contributed by atoms with Crippen LogP contribution in [0.3, 0.4) is 0 Å². The van der Waals surface area contributed by atoms with Crippen LogP contribution in [0, 0.1) is 0 Å². The Bertz CT molecular complexity index is 148. The first-order chi connectivity index (χ1) is 6.70. The highest BCUT2D eigenvalue weighted by molar-refractivity contribution is 8.26. The second-order valence-electron chi connectivity index (χ2n) is 3.76. The first-order valence-corrected chi connectivity index (χ1v) is 8.00. The Morgan fingerprint density at radius 1 is 1.14 bits per heavy atom. The molecular weight excluding hydrogens is 212 g/mol. The Hall–Kier alpha value is 0.530. The van der Waals surface area contributed by atoms with Crippen LogP contribution in [0.5, 0.6) is 0 Å². The molecule has 0 aliphatic heterocycles. The first kappa shape index (κ1) is 14.5. The molecule has 2 unspecified atom stereocenters. The molecule has 0 fully saturated rings. The van der Waals surface area contributed by atoms with Crippen molar-refractivity contribution in [2.75, 3.05) is 5.75 Å². The summed E-state index contributed by atoms with van der Waals surface area (Å²) in [5.74, 6) is 1.07. The molecule has 86 valence electrons. The van der Waals surface area contributed by atoms with Crippen LogP contribution in [0.1, 0.15) is 59.3 Å². The predicted molar refractivity (Wildman–Crippen MR) is 69.2 cm³/mol. The highest BCUT2D eigenvalue weighted by atomic mass is 32.8. The third kappa shape index (κ3) is 9.10. The van der Waals surface area contributed by atoms with E-state index < -0.39 is 0 Å². The van der Waals surface area contributed by atoms with Crippen LogP contribution in [0.2, 0.25) is 0 Å². The van der Waals surface area contributed by atoms with Crippen LogP contribution in [0.4, 0.5) is 0 Å². The molecule has 0 amide bonds. The predicted octanol–water partition coefficient (Wildman–Crippen LogP) is 3.77. The summed E-state index contributed by atoms with van der Waals surface area (Å²) in [5, 5.41) is 0. The Morgan fingerprint density at radius 3 is 2.43 bits per heavy atom. The fourth-order valence-electron chi connectivity index (χ4n) is 1.33. The molecule has 0 radical (unpaired) electrons. The van der Waals surface area contributed by atoms with Crippen LogP contribution >= 0.6 is 0 Å². The lowest BCUT2D eigenvalue weighted by atomic mass is 10.2. The molecule has 0 aromatic rings. The Morgan fingerprint density at radius 2 is 1.86 bits per heavy atom. The third-order valence-corrected chi connectivity index (χ3v) is 4.03. The SMILES string of the molecule is CCCCCCS(=S)OC(C)CCC. The molecule has 0 aromatic heterocycles. The van der Waals surface area contributed by atoms with Crippen LogP contribution in [-0.4, -0.2) is 11.9 Å². The zero-order valence-electron chi connectivity index (χ0n) is 9.75. The van der Waals surface area contributed by atoms with Gasteiger partial charge in [0, 0.05) is 15.5 Å². The van der Waals surface area contributed by atoms with Crippen molar-refractivity contribution in [2.45, 2.75) is 65.4 Å². The van der Waals surface area contributed by atoms with Gasteiger partial charge in [0.2, 0.25) is 0 Å². The van der Waals surface area contributed by atoms with Crippen molar-refractivity contribution in [1.29, 1.82) is 0 Å². The minimum atomic E-state index is -0.222. The van der Waals surface area contributed by atoms with Gasteiger partial charge in [-0.25, -0.2) is 0 Å². The maximum absolute atomic E-state index is 5.71. The lowest BCUT2D eigenvalue weighted by Gasteiger charge is -2.12. The molecule has 0 N–H and O–H groups in total. The Labute approximate surface area is 96.4 Å². The summed E-state index contributed by atoms with van der Waals surface area (Å²) < 4.78 is 5.71. The molecule has 3 heteroatoms. The van der Waals surface area contributed by atoms with Crippen molar-refractivity contribution in [1.82, 2.24) is 0 Å². The summed E-state index contributed by atoms with van der Waals surface area (Å²) in [6.07, 6.45) is 7.84. The summed E-state index contributed by atoms with van der Waals surface area (Å²) in [6.45, 7) is 6.54. The maximum Gasteiger partial charge on any atom is 0.0697 e. The summed E-state index contributed by atoms with van der Waals surface area (Å²) in [7, 11) is -0.222. The molecular formula is C11H24OS2. The van der Waals surface area contributed by atoms with E-state index in [1.54, 1.807) is 0 Å². The van der Waals surface area contributed by atoms with Gasteiger partial charge in [-0.1, -0.05) is 39.5 Å². The van der Waals surface area contributed by atoms with Crippen molar-refractivity contribution in [3.8, 4) is 0 Å². The number of hydrogen-bond acceptors (Lipinski definition) is 2. The Balaban J connectivity index is 3.35. The van der Waals surface area contributed by atoms with E-state index in [1.165, 1.54) is 32.1 Å². The molecule has 0 aromatic carbocycles. The van der Waals surface area contributed by atoms with Crippen molar-refractivity contribution in [3.63, 3.8) is 0 Å². The van der Waals surface area contributed by atoms with Crippen LogP contribution in [-0.2, 0) is 25.1 Å². The second-order valence-corrected chi connectivity index (χ2v) is 6.09. The van der Waals surface area contributed by atoms with Crippen molar-refractivity contribution >= 4 is 20.9 Å². The quantitative estimate of drug-likeness (QED) is 0.564. The summed E-state index contributed by atoms with van der Waals surface area (Å²) in [6, 6.07) is 0. The molecule has 1 nitrogen and oxygen atoms in total. The van der Waals surface area contributed by atoms with E-state index >= 15 is 0 Å². The summed E-state index contributed by atoms with van der Waals surface area (Å²) in [4.78, 5) is 0. The molecule has 14 heavy (non-hydrogen) atoms. The first-order valence-electron chi connectivity index (χ1n) is 5.76. The fraction of sp³-hybridized carbons (Fsp3) is 1.00. The van der Waals surface area contributed by atoms with Gasteiger partial charge in [-0.15, -0.1) is 0 Å². The number of hydrogen-bond donors (Lipinski definition) is 0. The molecule has 0 spiro atoms. The van der Waals surface area contributed by atoms with Gasteiger partial charge in [-0.3, -0.25) is 0 Å². The van der Waals surface area contributed by atoms with E-state index in [4.69, 9.17) is 15.4 Å². The van der Waals surface area contributed by atoms with Gasteiger partial charge in [0.15, 0.2) is 0 Å². The normalized spacial score (nSPS) is 15.4.